The van der Waals surface area contributed by atoms with Crippen LogP contribution in [0.15, 0.2) is 72.8 Å². The summed E-state index contributed by atoms with van der Waals surface area (Å²) >= 11 is 0. The van der Waals surface area contributed by atoms with Crippen molar-refractivity contribution in [2.45, 2.75) is 19.9 Å². The third kappa shape index (κ3) is 3.34. The molecule has 1 heterocycles. The van der Waals surface area contributed by atoms with Crippen molar-refractivity contribution in [1.29, 1.82) is 0 Å². The number of hydrogen-bond acceptors (Lipinski definition) is 2. The Morgan fingerprint density at radius 1 is 0.963 bits per heavy atom. The zero-order valence-corrected chi connectivity index (χ0v) is 15.1. The van der Waals surface area contributed by atoms with Crippen LogP contribution in [0.2, 0.25) is 0 Å². The standard InChI is InChI=1S/C23H20N2O2/c1-2-16-7-9-17(10-8-16)22(26)24-19-11-13-20(14-12-19)25-15-18-5-3-4-6-21(18)23(25)27/h3-14H,2,15H2,1H3,(H,24,26). The van der Waals surface area contributed by atoms with Crippen LogP contribution in [-0.4, -0.2) is 11.8 Å². The highest BCUT2D eigenvalue weighted by Crippen LogP contribution is 2.29. The molecule has 4 heteroatoms. The van der Waals surface area contributed by atoms with Gasteiger partial charge in [0.05, 0.1) is 6.54 Å². The predicted octanol–water partition coefficient (Wildman–Crippen LogP) is 4.66. The molecule has 0 unspecified atom stereocenters. The normalized spacial score (nSPS) is 12.8. The maximum atomic E-state index is 12.6. The van der Waals surface area contributed by atoms with E-state index in [-0.39, 0.29) is 11.8 Å². The van der Waals surface area contributed by atoms with E-state index in [1.807, 2.05) is 72.8 Å². The summed E-state index contributed by atoms with van der Waals surface area (Å²) in [6.45, 7) is 2.66. The first-order chi connectivity index (χ1) is 13.2. The molecule has 0 radical (unpaired) electrons. The van der Waals surface area contributed by atoms with Gasteiger partial charge in [0.25, 0.3) is 11.8 Å². The van der Waals surface area contributed by atoms with Crippen LogP contribution in [0.5, 0.6) is 0 Å². The molecule has 0 saturated carbocycles. The average molecular weight is 356 g/mol. The number of nitrogens with one attached hydrogen (secondary N) is 1. The number of carbonyl (C=O) groups excluding carboxylic acids is 2. The van der Waals surface area contributed by atoms with E-state index in [4.69, 9.17) is 0 Å². The molecule has 0 aromatic heterocycles. The zero-order chi connectivity index (χ0) is 18.8. The van der Waals surface area contributed by atoms with Crippen molar-refractivity contribution >= 4 is 23.2 Å². The average Bonchev–Trinajstić information content (AvgIpc) is 3.05. The van der Waals surface area contributed by atoms with Gasteiger partial charge in [0.1, 0.15) is 0 Å². The monoisotopic (exact) mass is 356 g/mol. The summed E-state index contributed by atoms with van der Waals surface area (Å²) in [5, 5.41) is 2.90. The molecule has 0 saturated heterocycles. The van der Waals surface area contributed by atoms with Crippen LogP contribution in [0.25, 0.3) is 0 Å². The van der Waals surface area contributed by atoms with E-state index in [0.717, 1.165) is 23.2 Å². The highest BCUT2D eigenvalue weighted by molar-refractivity contribution is 6.10. The number of benzene rings is 3. The predicted molar refractivity (Wildman–Crippen MR) is 107 cm³/mol. The van der Waals surface area contributed by atoms with Crippen molar-refractivity contribution in [2.24, 2.45) is 0 Å². The van der Waals surface area contributed by atoms with Crippen LogP contribution in [-0.2, 0) is 13.0 Å². The number of nitrogens with zero attached hydrogens (tertiary/aromatic N) is 1. The fourth-order valence-electron chi connectivity index (χ4n) is 3.28. The number of carbonyl (C=O) groups is 2. The van der Waals surface area contributed by atoms with E-state index in [2.05, 4.69) is 12.2 Å². The molecule has 3 aromatic carbocycles. The summed E-state index contributed by atoms with van der Waals surface area (Å²) in [6.07, 6.45) is 0.947. The highest BCUT2D eigenvalue weighted by atomic mass is 16.2. The first-order valence-electron chi connectivity index (χ1n) is 9.06. The SMILES string of the molecule is CCc1ccc(C(=O)Nc2ccc(N3Cc4ccccc4C3=O)cc2)cc1. The molecule has 2 amide bonds. The van der Waals surface area contributed by atoms with Crippen LogP contribution in [0.1, 0.15) is 38.8 Å². The van der Waals surface area contributed by atoms with E-state index in [0.29, 0.717) is 17.8 Å². The molecule has 1 N–H and O–H groups in total. The van der Waals surface area contributed by atoms with Crippen LogP contribution in [0.3, 0.4) is 0 Å². The van der Waals surface area contributed by atoms with Crippen LogP contribution >= 0.6 is 0 Å². The first kappa shape index (κ1) is 17.0. The van der Waals surface area contributed by atoms with Gasteiger partial charge in [-0.05, 0) is 60.0 Å². The summed E-state index contributed by atoms with van der Waals surface area (Å²) < 4.78 is 0. The summed E-state index contributed by atoms with van der Waals surface area (Å²) in [4.78, 5) is 26.7. The lowest BCUT2D eigenvalue weighted by Crippen LogP contribution is -2.22. The second kappa shape index (κ2) is 7.08. The minimum atomic E-state index is -0.143. The smallest absolute Gasteiger partial charge is 0.258 e. The molecular weight excluding hydrogens is 336 g/mol. The molecule has 4 rings (SSSR count). The molecular formula is C23H20N2O2. The van der Waals surface area contributed by atoms with Crippen molar-refractivity contribution in [3.63, 3.8) is 0 Å². The highest BCUT2D eigenvalue weighted by Gasteiger charge is 2.27. The Kier molecular flexibility index (Phi) is 4.47. The van der Waals surface area contributed by atoms with E-state index in [1.54, 1.807) is 4.90 Å². The summed E-state index contributed by atoms with van der Waals surface area (Å²) in [5.74, 6) is -0.131. The quantitative estimate of drug-likeness (QED) is 0.739. The maximum Gasteiger partial charge on any atom is 0.258 e. The summed E-state index contributed by atoms with van der Waals surface area (Å²) in [5.41, 5.74) is 5.14. The van der Waals surface area contributed by atoms with E-state index >= 15 is 0 Å². The fraction of sp³-hybridized carbons (Fsp3) is 0.130. The molecule has 0 atom stereocenters. The topological polar surface area (TPSA) is 49.4 Å². The molecule has 1 aliphatic rings. The molecule has 1 aliphatic heterocycles. The van der Waals surface area contributed by atoms with Crippen molar-refractivity contribution in [2.75, 3.05) is 10.2 Å². The Morgan fingerprint density at radius 3 is 2.33 bits per heavy atom. The van der Waals surface area contributed by atoms with Gasteiger partial charge in [-0.1, -0.05) is 37.3 Å². The van der Waals surface area contributed by atoms with Gasteiger partial charge in [-0.3, -0.25) is 9.59 Å². The van der Waals surface area contributed by atoms with Crippen LogP contribution in [0.4, 0.5) is 11.4 Å². The lowest BCUT2D eigenvalue weighted by molar-refractivity contribution is 0.0994. The summed E-state index contributed by atoms with van der Waals surface area (Å²) in [7, 11) is 0. The van der Waals surface area contributed by atoms with Crippen molar-refractivity contribution < 1.29 is 9.59 Å². The molecule has 0 spiro atoms. The van der Waals surface area contributed by atoms with E-state index in [1.165, 1.54) is 5.56 Å². The van der Waals surface area contributed by atoms with Gasteiger partial charge in [-0.25, -0.2) is 0 Å². The van der Waals surface area contributed by atoms with Gasteiger partial charge >= 0.3 is 0 Å². The zero-order valence-electron chi connectivity index (χ0n) is 15.1. The molecule has 4 nitrogen and oxygen atoms in total. The van der Waals surface area contributed by atoms with Gasteiger partial charge in [-0.2, -0.15) is 0 Å². The number of rotatable bonds is 4. The van der Waals surface area contributed by atoms with Crippen molar-refractivity contribution in [1.82, 2.24) is 0 Å². The van der Waals surface area contributed by atoms with E-state index in [9.17, 15) is 9.59 Å². The van der Waals surface area contributed by atoms with Crippen molar-refractivity contribution in [3.05, 3.63) is 95.1 Å². The largest absolute Gasteiger partial charge is 0.322 e. The van der Waals surface area contributed by atoms with Gasteiger partial charge in [0, 0.05) is 22.5 Å². The molecule has 27 heavy (non-hydrogen) atoms. The van der Waals surface area contributed by atoms with Gasteiger partial charge in [-0.15, -0.1) is 0 Å². The lowest BCUT2D eigenvalue weighted by Gasteiger charge is -2.16. The van der Waals surface area contributed by atoms with Gasteiger partial charge in [0.2, 0.25) is 0 Å². The Bertz CT molecular complexity index is 992. The Hall–Kier alpha value is -3.40. The minimum absolute atomic E-state index is 0.0124. The Morgan fingerprint density at radius 2 is 1.67 bits per heavy atom. The van der Waals surface area contributed by atoms with Crippen molar-refractivity contribution in [3.8, 4) is 0 Å². The van der Waals surface area contributed by atoms with Gasteiger partial charge in [0.15, 0.2) is 0 Å². The fourth-order valence-corrected chi connectivity index (χ4v) is 3.28. The maximum absolute atomic E-state index is 12.6. The minimum Gasteiger partial charge on any atom is -0.322 e. The van der Waals surface area contributed by atoms with Gasteiger partial charge < -0.3 is 10.2 Å². The second-order valence-corrected chi connectivity index (χ2v) is 6.60. The number of hydrogen-bond donors (Lipinski definition) is 1. The Labute approximate surface area is 158 Å². The number of anilines is 2. The number of amides is 2. The third-order valence-electron chi connectivity index (χ3n) is 4.88. The first-order valence-corrected chi connectivity index (χ1v) is 9.06. The Balaban J connectivity index is 1.46. The van der Waals surface area contributed by atoms with E-state index < -0.39 is 0 Å². The summed E-state index contributed by atoms with van der Waals surface area (Å²) in [6, 6.07) is 22.6. The third-order valence-corrected chi connectivity index (χ3v) is 4.88. The number of fused-ring (bicyclic) bond motifs is 1. The molecule has 0 aliphatic carbocycles. The molecule has 134 valence electrons. The van der Waals surface area contributed by atoms with Crippen LogP contribution in [0, 0.1) is 0 Å². The second-order valence-electron chi connectivity index (χ2n) is 6.60. The number of aryl methyl sites for hydroxylation is 1. The van der Waals surface area contributed by atoms with Crippen LogP contribution < -0.4 is 10.2 Å². The lowest BCUT2D eigenvalue weighted by atomic mass is 10.1. The molecule has 3 aromatic rings. The molecule has 0 bridgehead atoms. The molecule has 0 fully saturated rings.